The summed E-state index contributed by atoms with van der Waals surface area (Å²) in [5, 5.41) is 0. The summed E-state index contributed by atoms with van der Waals surface area (Å²) in [5.41, 5.74) is 10.7. The van der Waals surface area contributed by atoms with Gasteiger partial charge >= 0.3 is 0 Å². The van der Waals surface area contributed by atoms with Crippen LogP contribution in [0.5, 0.6) is 0 Å². The third-order valence-corrected chi connectivity index (χ3v) is 14.6. The Morgan fingerprint density at radius 3 is 1.48 bits per heavy atom. The molecule has 3 heteroatoms. The highest BCUT2D eigenvalue weighted by atomic mass is 79.9. The third kappa shape index (κ3) is 2.95. The van der Waals surface area contributed by atoms with Crippen molar-refractivity contribution in [1.29, 1.82) is 0 Å². The first-order chi connectivity index (χ1) is 12.6. The first-order valence-electron chi connectivity index (χ1n) is 10.2. The molecule has 2 aromatic carbocycles. The van der Waals surface area contributed by atoms with Crippen molar-refractivity contribution in [2.45, 2.75) is 64.7 Å². The van der Waals surface area contributed by atoms with E-state index in [9.17, 15) is 0 Å². The fraction of sp³-hybridized carbons (Fsp3) is 0.500. The van der Waals surface area contributed by atoms with E-state index >= 15 is 0 Å². The average Bonchev–Trinajstić information content (AvgIpc) is 3.12. The summed E-state index contributed by atoms with van der Waals surface area (Å²) in [6.07, 6.45) is 2.45. The van der Waals surface area contributed by atoms with Crippen molar-refractivity contribution in [3.8, 4) is 0 Å². The van der Waals surface area contributed by atoms with Gasteiger partial charge < -0.3 is 0 Å². The van der Waals surface area contributed by atoms with Gasteiger partial charge in [0.15, 0.2) is 0 Å². The Balaban J connectivity index is 1.82. The number of aryl methyl sites for hydroxylation is 2. The van der Waals surface area contributed by atoms with Crippen LogP contribution < -0.4 is 0 Å². The summed E-state index contributed by atoms with van der Waals surface area (Å²) in [6.45, 7) is 14.8. The zero-order valence-corrected chi connectivity index (χ0v) is 21.5. The van der Waals surface area contributed by atoms with Crippen LogP contribution >= 0.6 is 31.9 Å². The summed E-state index contributed by atoms with van der Waals surface area (Å²) in [5.74, 6) is 1.48. The van der Waals surface area contributed by atoms with Crippen LogP contribution in [0.3, 0.4) is 0 Å². The summed E-state index contributed by atoms with van der Waals surface area (Å²) >= 11 is 7.80. The van der Waals surface area contributed by atoms with Gasteiger partial charge in [0.05, 0.1) is 8.07 Å². The smallest absolute Gasteiger partial charge is 0.0634 e. The molecule has 0 N–H and O–H groups in total. The van der Waals surface area contributed by atoms with Gasteiger partial charge in [-0.2, -0.15) is 0 Å². The molecular weight excluding hydrogens is 476 g/mol. The molecule has 2 aromatic rings. The molecule has 0 spiro atoms. The summed E-state index contributed by atoms with van der Waals surface area (Å²) in [6, 6.07) is 9.54. The molecule has 0 fully saturated rings. The van der Waals surface area contributed by atoms with Gasteiger partial charge in [-0.05, 0) is 83.0 Å². The van der Waals surface area contributed by atoms with Gasteiger partial charge in [0.2, 0.25) is 0 Å². The number of hydrogen-bond acceptors (Lipinski definition) is 0. The molecule has 2 aliphatic carbocycles. The Morgan fingerprint density at radius 1 is 0.741 bits per heavy atom. The predicted octanol–water partition coefficient (Wildman–Crippen LogP) is 7.87. The van der Waals surface area contributed by atoms with Crippen LogP contribution in [0.25, 0.3) is 0 Å². The zero-order valence-electron chi connectivity index (χ0n) is 17.3. The number of rotatable bonds is 2. The van der Waals surface area contributed by atoms with Crippen molar-refractivity contribution in [2.24, 2.45) is 11.8 Å². The van der Waals surface area contributed by atoms with E-state index in [2.05, 4.69) is 96.9 Å². The molecule has 0 amide bonds. The molecule has 4 atom stereocenters. The fourth-order valence-corrected chi connectivity index (χ4v) is 13.2. The van der Waals surface area contributed by atoms with Crippen molar-refractivity contribution < 1.29 is 0 Å². The van der Waals surface area contributed by atoms with Crippen molar-refractivity contribution in [2.75, 3.05) is 0 Å². The number of benzene rings is 2. The van der Waals surface area contributed by atoms with Crippen LogP contribution in [0.4, 0.5) is 0 Å². The fourth-order valence-electron chi connectivity index (χ4n) is 6.46. The van der Waals surface area contributed by atoms with Crippen LogP contribution in [-0.4, -0.2) is 8.07 Å². The van der Waals surface area contributed by atoms with Gasteiger partial charge in [0.25, 0.3) is 0 Å². The minimum absolute atomic E-state index is 0.739. The van der Waals surface area contributed by atoms with Crippen LogP contribution in [0, 0.1) is 25.7 Å². The number of hydrogen-bond donors (Lipinski definition) is 0. The minimum Gasteiger partial charge on any atom is -0.0684 e. The lowest BCUT2D eigenvalue weighted by molar-refractivity contribution is 0.543. The standard InChI is InChI=1S/C24H30Br2Si/c1-13-7-9-17-19(21(13)25)11-15(3)23(17)27(5,6)24-16(4)12-20-18(24)10-8-14(2)22(20)26/h7-10,15-16,23-24H,11-12H2,1-6H3. The van der Waals surface area contributed by atoms with E-state index in [0.717, 1.165) is 22.9 Å². The molecule has 2 aliphatic rings. The maximum Gasteiger partial charge on any atom is 0.0634 e. The second-order valence-corrected chi connectivity index (χ2v) is 16.1. The molecule has 4 unspecified atom stereocenters. The minimum atomic E-state index is -1.59. The Morgan fingerprint density at radius 2 is 1.11 bits per heavy atom. The zero-order chi connectivity index (χ0) is 19.7. The molecule has 4 rings (SSSR count). The molecule has 144 valence electrons. The molecule has 0 aromatic heterocycles. The third-order valence-electron chi connectivity index (χ3n) is 7.41. The lowest BCUT2D eigenvalue weighted by atomic mass is 10.1. The van der Waals surface area contributed by atoms with Crippen molar-refractivity contribution in [3.05, 3.63) is 66.6 Å². The van der Waals surface area contributed by atoms with Crippen LogP contribution in [0.15, 0.2) is 33.2 Å². The largest absolute Gasteiger partial charge is 0.0684 e. The molecule has 0 bridgehead atoms. The molecule has 0 nitrogen and oxygen atoms in total. The van der Waals surface area contributed by atoms with E-state index in [1.54, 1.807) is 22.3 Å². The van der Waals surface area contributed by atoms with Gasteiger partial charge in [-0.3, -0.25) is 0 Å². The second kappa shape index (κ2) is 6.85. The highest BCUT2D eigenvalue weighted by molar-refractivity contribution is 9.10. The van der Waals surface area contributed by atoms with Crippen molar-refractivity contribution in [3.63, 3.8) is 0 Å². The maximum absolute atomic E-state index is 3.90. The quantitative estimate of drug-likeness (QED) is 0.364. The summed E-state index contributed by atoms with van der Waals surface area (Å²) in [7, 11) is -1.59. The maximum atomic E-state index is 3.90. The average molecular weight is 506 g/mol. The Bertz CT molecular complexity index is 842. The Labute approximate surface area is 182 Å². The molecule has 0 saturated carbocycles. The van der Waals surface area contributed by atoms with Gasteiger partial charge in [0.1, 0.15) is 0 Å². The highest BCUT2D eigenvalue weighted by Crippen LogP contribution is 2.55. The van der Waals surface area contributed by atoms with E-state index in [4.69, 9.17) is 0 Å². The van der Waals surface area contributed by atoms with Crippen molar-refractivity contribution >= 4 is 39.9 Å². The van der Waals surface area contributed by atoms with Gasteiger partial charge in [-0.1, -0.05) is 83.1 Å². The molecule has 0 heterocycles. The van der Waals surface area contributed by atoms with E-state index in [1.165, 1.54) is 32.9 Å². The van der Waals surface area contributed by atoms with E-state index in [-0.39, 0.29) is 0 Å². The number of halogens is 2. The van der Waals surface area contributed by atoms with Crippen LogP contribution in [0.2, 0.25) is 13.1 Å². The van der Waals surface area contributed by atoms with E-state index in [0.29, 0.717) is 0 Å². The molecule has 0 radical (unpaired) electrons. The van der Waals surface area contributed by atoms with Gasteiger partial charge in [-0.15, -0.1) is 0 Å². The molecule has 0 saturated heterocycles. The lowest BCUT2D eigenvalue weighted by Crippen LogP contribution is -2.45. The van der Waals surface area contributed by atoms with Gasteiger partial charge in [-0.25, -0.2) is 0 Å². The first kappa shape index (κ1) is 19.9. The second-order valence-electron chi connectivity index (χ2n) is 9.67. The normalized spacial score (nSPS) is 27.0. The summed E-state index contributed by atoms with van der Waals surface area (Å²) < 4.78 is 2.72. The van der Waals surface area contributed by atoms with Crippen LogP contribution in [0.1, 0.15) is 58.3 Å². The Kier molecular flexibility index (Phi) is 5.05. The van der Waals surface area contributed by atoms with E-state index < -0.39 is 8.07 Å². The first-order valence-corrected chi connectivity index (χ1v) is 14.9. The van der Waals surface area contributed by atoms with Gasteiger partial charge in [0, 0.05) is 8.95 Å². The highest BCUT2D eigenvalue weighted by Gasteiger charge is 2.51. The molecular formula is C24H30Br2Si. The topological polar surface area (TPSA) is 0 Å². The lowest BCUT2D eigenvalue weighted by Gasteiger charge is -2.41. The molecule has 27 heavy (non-hydrogen) atoms. The van der Waals surface area contributed by atoms with E-state index in [1.807, 2.05) is 0 Å². The number of fused-ring (bicyclic) bond motifs is 2. The predicted molar refractivity (Wildman–Crippen MR) is 126 cm³/mol. The van der Waals surface area contributed by atoms with Crippen molar-refractivity contribution in [1.82, 2.24) is 0 Å². The SMILES string of the molecule is Cc1ccc2c(c1Br)CC(C)C2[Si](C)(C)C1c2ccc(C)c(Br)c2CC1C. The Hall–Kier alpha value is -0.383. The molecule has 0 aliphatic heterocycles. The van der Waals surface area contributed by atoms with Crippen LogP contribution in [-0.2, 0) is 12.8 Å². The summed E-state index contributed by atoms with van der Waals surface area (Å²) in [4.78, 5) is 0. The monoisotopic (exact) mass is 504 g/mol.